The van der Waals surface area contributed by atoms with Crippen molar-refractivity contribution < 1.29 is 28.2 Å². The number of benzene rings is 3. The van der Waals surface area contributed by atoms with Gasteiger partial charge in [0.2, 0.25) is 0 Å². The SMILES string of the molecule is O=C(COC(=O)c1c2c(nc3ccccc13)/C(=C/c1ccc(O)cc1)CC2)Nc1cc(F)ccc1F. The van der Waals surface area contributed by atoms with Gasteiger partial charge in [-0.3, -0.25) is 4.79 Å². The van der Waals surface area contributed by atoms with Crippen LogP contribution in [0.4, 0.5) is 14.5 Å². The molecule has 8 heteroatoms. The Kier molecular flexibility index (Phi) is 6.16. The van der Waals surface area contributed by atoms with Gasteiger partial charge in [-0.15, -0.1) is 0 Å². The number of carbonyl (C=O) groups excluding carboxylic acids is 2. The molecule has 5 rings (SSSR count). The number of anilines is 1. The number of para-hydroxylation sites is 1. The number of phenolic OH excluding ortho intramolecular Hbond substituents is 1. The van der Waals surface area contributed by atoms with Crippen molar-refractivity contribution in [1.29, 1.82) is 0 Å². The molecule has 6 nitrogen and oxygen atoms in total. The topological polar surface area (TPSA) is 88.5 Å². The number of carbonyl (C=O) groups is 2. The molecule has 0 saturated heterocycles. The average Bonchev–Trinajstić information content (AvgIpc) is 3.26. The summed E-state index contributed by atoms with van der Waals surface area (Å²) in [7, 11) is 0. The fourth-order valence-electron chi connectivity index (χ4n) is 4.27. The van der Waals surface area contributed by atoms with Gasteiger partial charge in [-0.05, 0) is 65.9 Å². The number of hydrogen-bond acceptors (Lipinski definition) is 5. The van der Waals surface area contributed by atoms with E-state index < -0.39 is 30.1 Å². The maximum Gasteiger partial charge on any atom is 0.339 e. The summed E-state index contributed by atoms with van der Waals surface area (Å²) in [4.78, 5) is 30.2. The second-order valence-electron chi connectivity index (χ2n) is 8.34. The lowest BCUT2D eigenvalue weighted by atomic mass is 10.0. The minimum Gasteiger partial charge on any atom is -0.508 e. The summed E-state index contributed by atoms with van der Waals surface area (Å²) in [5.74, 6) is -2.84. The predicted octanol–water partition coefficient (Wildman–Crippen LogP) is 5.50. The van der Waals surface area contributed by atoms with Gasteiger partial charge < -0.3 is 15.2 Å². The van der Waals surface area contributed by atoms with Crippen LogP contribution in [-0.2, 0) is 16.0 Å². The molecule has 3 aromatic carbocycles. The van der Waals surface area contributed by atoms with E-state index >= 15 is 0 Å². The number of aromatic hydroxyl groups is 1. The van der Waals surface area contributed by atoms with Crippen LogP contribution in [0.5, 0.6) is 5.75 Å². The van der Waals surface area contributed by atoms with E-state index in [1.54, 1.807) is 42.5 Å². The molecule has 1 aromatic heterocycles. The lowest BCUT2D eigenvalue weighted by Crippen LogP contribution is -2.22. The molecule has 4 aromatic rings. The zero-order chi connectivity index (χ0) is 25.2. The van der Waals surface area contributed by atoms with Crippen molar-refractivity contribution in [2.24, 2.45) is 0 Å². The number of halogens is 2. The summed E-state index contributed by atoms with van der Waals surface area (Å²) >= 11 is 0. The van der Waals surface area contributed by atoms with Crippen LogP contribution in [0.25, 0.3) is 22.6 Å². The Morgan fingerprint density at radius 2 is 1.81 bits per heavy atom. The van der Waals surface area contributed by atoms with Crippen molar-refractivity contribution in [2.75, 3.05) is 11.9 Å². The van der Waals surface area contributed by atoms with Crippen molar-refractivity contribution in [3.05, 3.63) is 101 Å². The minimum atomic E-state index is -0.804. The Labute approximate surface area is 204 Å². The normalized spacial score (nSPS) is 13.6. The van der Waals surface area contributed by atoms with Crippen LogP contribution in [0.3, 0.4) is 0 Å². The first kappa shape index (κ1) is 23.2. The Hall–Kier alpha value is -4.59. The number of amides is 1. The van der Waals surface area contributed by atoms with Gasteiger partial charge in [-0.2, -0.15) is 0 Å². The highest BCUT2D eigenvalue weighted by molar-refractivity contribution is 6.08. The van der Waals surface area contributed by atoms with E-state index in [1.807, 2.05) is 12.1 Å². The number of nitrogens with zero attached hydrogens (tertiary/aromatic N) is 1. The summed E-state index contributed by atoms with van der Waals surface area (Å²) in [5, 5.41) is 12.4. The van der Waals surface area contributed by atoms with Gasteiger partial charge in [0.25, 0.3) is 5.91 Å². The highest BCUT2D eigenvalue weighted by Crippen LogP contribution is 2.38. The van der Waals surface area contributed by atoms with Crippen LogP contribution >= 0.6 is 0 Å². The van der Waals surface area contributed by atoms with Gasteiger partial charge >= 0.3 is 5.97 Å². The molecule has 2 N–H and O–H groups in total. The number of rotatable bonds is 5. The molecule has 0 unspecified atom stereocenters. The van der Waals surface area contributed by atoms with E-state index in [4.69, 9.17) is 9.72 Å². The summed E-state index contributed by atoms with van der Waals surface area (Å²) in [5.41, 5.74) is 3.82. The third kappa shape index (κ3) is 4.65. The Morgan fingerprint density at radius 3 is 2.61 bits per heavy atom. The molecule has 0 radical (unpaired) electrons. The number of esters is 1. The Morgan fingerprint density at radius 1 is 1.03 bits per heavy atom. The van der Waals surface area contributed by atoms with E-state index in [2.05, 4.69) is 5.32 Å². The molecule has 0 fully saturated rings. The monoisotopic (exact) mass is 486 g/mol. The van der Waals surface area contributed by atoms with Gasteiger partial charge in [0, 0.05) is 11.5 Å². The molecule has 0 aliphatic heterocycles. The maximum absolute atomic E-state index is 13.8. The largest absolute Gasteiger partial charge is 0.508 e. The van der Waals surface area contributed by atoms with Crippen LogP contribution in [0.1, 0.15) is 33.6 Å². The molecular formula is C28H20F2N2O4. The summed E-state index contributed by atoms with van der Waals surface area (Å²) in [6.07, 6.45) is 3.17. The molecule has 1 amide bonds. The average molecular weight is 486 g/mol. The maximum atomic E-state index is 13.8. The van der Waals surface area contributed by atoms with Crippen LogP contribution < -0.4 is 5.32 Å². The zero-order valence-corrected chi connectivity index (χ0v) is 18.9. The van der Waals surface area contributed by atoms with Gasteiger partial charge in [-0.25, -0.2) is 18.6 Å². The van der Waals surface area contributed by atoms with Gasteiger partial charge in [-0.1, -0.05) is 30.3 Å². The number of phenols is 1. The van der Waals surface area contributed by atoms with Crippen LogP contribution in [0.15, 0.2) is 66.7 Å². The Bertz CT molecular complexity index is 1530. The molecule has 0 spiro atoms. The molecule has 180 valence electrons. The molecular weight excluding hydrogens is 466 g/mol. The minimum absolute atomic E-state index is 0.169. The fraction of sp³-hybridized carbons (Fsp3) is 0.107. The first-order valence-electron chi connectivity index (χ1n) is 11.2. The van der Waals surface area contributed by atoms with E-state index in [-0.39, 0.29) is 11.4 Å². The van der Waals surface area contributed by atoms with E-state index in [1.165, 1.54) is 0 Å². The zero-order valence-electron chi connectivity index (χ0n) is 18.9. The Balaban J connectivity index is 1.43. The third-order valence-electron chi connectivity index (χ3n) is 5.92. The van der Waals surface area contributed by atoms with Crippen LogP contribution in [0, 0.1) is 11.6 Å². The number of ether oxygens (including phenoxy) is 1. The van der Waals surface area contributed by atoms with E-state index in [9.17, 15) is 23.5 Å². The summed E-state index contributed by atoms with van der Waals surface area (Å²) < 4.78 is 32.5. The highest BCUT2D eigenvalue weighted by Gasteiger charge is 2.28. The van der Waals surface area contributed by atoms with Crippen LogP contribution in [0.2, 0.25) is 0 Å². The highest BCUT2D eigenvalue weighted by atomic mass is 19.1. The molecule has 1 aliphatic carbocycles. The summed E-state index contributed by atoms with van der Waals surface area (Å²) in [6.45, 7) is -0.670. The standard InChI is InChI=1S/C28H20F2N2O4/c29-18-8-12-22(30)24(14-18)31-25(34)15-36-28(35)26-20-3-1-2-4-23(20)32-27-17(7-11-21(26)27)13-16-5-9-19(33)10-6-16/h1-6,8-10,12-14,33H,7,11,15H2,(H,31,34)/b17-13+. The van der Waals surface area contributed by atoms with Crippen molar-refractivity contribution in [3.63, 3.8) is 0 Å². The van der Waals surface area contributed by atoms with Crippen molar-refractivity contribution in [1.82, 2.24) is 4.98 Å². The lowest BCUT2D eigenvalue weighted by molar-refractivity contribution is -0.119. The summed E-state index contributed by atoms with van der Waals surface area (Å²) in [6, 6.07) is 16.6. The second-order valence-corrected chi connectivity index (χ2v) is 8.34. The first-order valence-corrected chi connectivity index (χ1v) is 11.2. The number of fused-ring (bicyclic) bond motifs is 2. The van der Waals surface area contributed by atoms with Crippen molar-refractivity contribution in [3.8, 4) is 5.75 Å². The second kappa shape index (κ2) is 9.58. The van der Waals surface area contributed by atoms with Crippen LogP contribution in [-0.4, -0.2) is 28.6 Å². The van der Waals surface area contributed by atoms with Crippen molar-refractivity contribution in [2.45, 2.75) is 12.8 Å². The molecule has 1 aliphatic rings. The molecule has 0 bridgehead atoms. The number of hydrogen-bond donors (Lipinski definition) is 2. The fourth-order valence-corrected chi connectivity index (χ4v) is 4.27. The predicted molar refractivity (Wildman–Crippen MR) is 131 cm³/mol. The third-order valence-corrected chi connectivity index (χ3v) is 5.92. The molecule has 0 saturated carbocycles. The quantitative estimate of drug-likeness (QED) is 0.364. The number of nitrogens with one attached hydrogen (secondary N) is 1. The number of allylic oxidation sites excluding steroid dienone is 1. The molecule has 36 heavy (non-hydrogen) atoms. The van der Waals surface area contributed by atoms with Gasteiger partial charge in [0.15, 0.2) is 6.61 Å². The van der Waals surface area contributed by atoms with E-state index in [0.717, 1.165) is 34.9 Å². The molecule has 1 heterocycles. The van der Waals surface area contributed by atoms with Gasteiger partial charge in [0.1, 0.15) is 17.4 Å². The van der Waals surface area contributed by atoms with E-state index in [0.29, 0.717) is 35.0 Å². The van der Waals surface area contributed by atoms with Gasteiger partial charge in [0.05, 0.1) is 22.5 Å². The number of aromatic nitrogens is 1. The number of pyridine rings is 1. The smallest absolute Gasteiger partial charge is 0.339 e. The van der Waals surface area contributed by atoms with Crippen molar-refractivity contribution >= 4 is 40.1 Å². The lowest BCUT2D eigenvalue weighted by Gasteiger charge is -2.13. The first-order chi connectivity index (χ1) is 17.4. The molecule has 0 atom stereocenters.